The summed E-state index contributed by atoms with van der Waals surface area (Å²) < 4.78 is 0. The molecule has 4 aliphatic rings. The number of hydrazine groups is 1. The highest BCUT2D eigenvalue weighted by Crippen LogP contribution is 2.62. The van der Waals surface area contributed by atoms with E-state index in [1.54, 1.807) is 10.6 Å². The third-order valence-electron chi connectivity index (χ3n) is 8.72. The summed E-state index contributed by atoms with van der Waals surface area (Å²) in [5.41, 5.74) is 10.6. The van der Waals surface area contributed by atoms with Crippen LogP contribution < -0.4 is 11.6 Å². The van der Waals surface area contributed by atoms with Gasteiger partial charge in [-0.25, -0.2) is 5.01 Å². The molecule has 0 amide bonds. The predicted octanol–water partition coefficient (Wildman–Crippen LogP) is 5.74. The van der Waals surface area contributed by atoms with Crippen molar-refractivity contribution in [3.63, 3.8) is 0 Å². The normalized spacial score (nSPS) is 37.9. The second-order valence-electron chi connectivity index (χ2n) is 11.3. The molecule has 0 saturated heterocycles. The zero-order valence-electron chi connectivity index (χ0n) is 20.2. The maximum atomic E-state index is 6.32. The highest BCUT2D eigenvalue weighted by Gasteiger charge is 2.54. The van der Waals surface area contributed by atoms with E-state index >= 15 is 0 Å². The lowest BCUT2D eigenvalue weighted by Gasteiger charge is -2.37. The number of allylic oxidation sites excluding steroid dienone is 8. The lowest BCUT2D eigenvalue weighted by Crippen LogP contribution is -2.45. The van der Waals surface area contributed by atoms with Gasteiger partial charge in [-0.2, -0.15) is 0 Å². The van der Waals surface area contributed by atoms with Crippen LogP contribution in [-0.4, -0.2) is 17.7 Å². The van der Waals surface area contributed by atoms with Gasteiger partial charge in [0.05, 0.1) is 12.7 Å². The van der Waals surface area contributed by atoms with Crippen molar-refractivity contribution in [2.24, 2.45) is 52.5 Å². The number of rotatable bonds is 5. The molecule has 1 fully saturated rings. The largest absolute Gasteiger partial charge is 0.317 e. The van der Waals surface area contributed by atoms with Crippen LogP contribution in [0, 0.1) is 40.9 Å². The molecule has 0 aromatic heterocycles. The molecule has 6 unspecified atom stereocenters. The third-order valence-corrected chi connectivity index (χ3v) is 8.72. The van der Waals surface area contributed by atoms with Gasteiger partial charge in [-0.15, -0.1) is 0 Å². The number of hydrogen-bond donors (Lipinski definition) is 2. The average Bonchev–Trinajstić information content (AvgIpc) is 2.97. The molecule has 4 aliphatic carbocycles. The van der Waals surface area contributed by atoms with Gasteiger partial charge < -0.3 is 5.73 Å². The van der Waals surface area contributed by atoms with Crippen LogP contribution in [-0.2, 0) is 0 Å². The summed E-state index contributed by atoms with van der Waals surface area (Å²) in [4.78, 5) is 0. The molecule has 170 valence electrons. The molecule has 7 atom stereocenters. The lowest BCUT2D eigenvalue weighted by atomic mass is 9.67. The van der Waals surface area contributed by atoms with Gasteiger partial charge in [-0.1, -0.05) is 88.3 Å². The second kappa shape index (κ2) is 8.84. The van der Waals surface area contributed by atoms with E-state index in [0.717, 1.165) is 30.6 Å². The maximum Gasteiger partial charge on any atom is 0.0649 e. The summed E-state index contributed by atoms with van der Waals surface area (Å²) in [6.07, 6.45) is 21.6. The quantitative estimate of drug-likeness (QED) is 0.258. The van der Waals surface area contributed by atoms with Gasteiger partial charge in [-0.3, -0.25) is 5.84 Å². The molecule has 1 saturated carbocycles. The number of hydrogen-bond acceptors (Lipinski definition) is 3. The smallest absolute Gasteiger partial charge is 0.0649 e. The summed E-state index contributed by atoms with van der Waals surface area (Å²) in [6, 6.07) is 0.0898. The van der Waals surface area contributed by atoms with Crippen LogP contribution >= 0.6 is 0 Å². The molecule has 0 bridgehead atoms. The van der Waals surface area contributed by atoms with Crippen LogP contribution in [0.2, 0.25) is 0 Å². The van der Waals surface area contributed by atoms with Crippen molar-refractivity contribution in [1.82, 2.24) is 5.01 Å². The van der Waals surface area contributed by atoms with E-state index in [9.17, 15) is 0 Å². The van der Waals surface area contributed by atoms with Crippen LogP contribution in [0.3, 0.4) is 0 Å². The zero-order valence-corrected chi connectivity index (χ0v) is 20.2. The monoisotopic (exact) mass is 421 g/mol. The first-order valence-electron chi connectivity index (χ1n) is 12.4. The highest BCUT2D eigenvalue weighted by atomic mass is 15.4. The first-order chi connectivity index (χ1) is 14.7. The van der Waals surface area contributed by atoms with Crippen LogP contribution in [0.5, 0.6) is 0 Å². The average molecular weight is 422 g/mol. The van der Waals surface area contributed by atoms with Gasteiger partial charge in [-0.05, 0) is 72.2 Å². The van der Waals surface area contributed by atoms with E-state index in [4.69, 9.17) is 11.6 Å². The van der Waals surface area contributed by atoms with E-state index < -0.39 is 0 Å². The van der Waals surface area contributed by atoms with E-state index in [0.29, 0.717) is 24.4 Å². The Balaban J connectivity index is 1.61. The van der Waals surface area contributed by atoms with Crippen molar-refractivity contribution in [3.8, 4) is 0 Å². The summed E-state index contributed by atoms with van der Waals surface area (Å²) in [7, 11) is 0. The molecule has 0 spiro atoms. The molecule has 0 aromatic rings. The lowest BCUT2D eigenvalue weighted by molar-refractivity contribution is 0.166. The molecule has 0 aromatic carbocycles. The Bertz CT molecular complexity index is 827. The first kappa shape index (κ1) is 22.8. The Morgan fingerprint density at radius 1 is 1.23 bits per heavy atom. The topological polar surface area (TPSA) is 55.3 Å². The van der Waals surface area contributed by atoms with E-state index in [1.165, 1.54) is 24.0 Å². The van der Waals surface area contributed by atoms with E-state index in [2.05, 4.69) is 77.2 Å². The number of nitrogens with zero attached hydrogens (tertiary/aromatic N) is 1. The van der Waals surface area contributed by atoms with Crippen molar-refractivity contribution >= 4 is 0 Å². The zero-order chi connectivity index (χ0) is 22.3. The Labute approximate surface area is 190 Å². The van der Waals surface area contributed by atoms with Crippen molar-refractivity contribution in [1.29, 1.82) is 0 Å². The molecule has 0 heterocycles. The van der Waals surface area contributed by atoms with Crippen LogP contribution in [0.25, 0.3) is 0 Å². The number of nitrogens with two attached hydrogens (primary N) is 2. The molecular weight excluding hydrogens is 378 g/mol. The Morgan fingerprint density at radius 3 is 2.68 bits per heavy atom. The van der Waals surface area contributed by atoms with Gasteiger partial charge in [0.2, 0.25) is 0 Å². The maximum absolute atomic E-state index is 6.32. The van der Waals surface area contributed by atoms with Crippen LogP contribution in [0.4, 0.5) is 0 Å². The van der Waals surface area contributed by atoms with Gasteiger partial charge in [0.15, 0.2) is 0 Å². The minimum absolute atomic E-state index is 0.0898. The summed E-state index contributed by atoms with van der Waals surface area (Å²) in [5, 5.41) is 1.78. The molecule has 4 rings (SSSR count). The van der Waals surface area contributed by atoms with Crippen molar-refractivity contribution in [3.05, 3.63) is 59.3 Å². The molecule has 3 heteroatoms. The van der Waals surface area contributed by atoms with Crippen molar-refractivity contribution in [2.75, 3.05) is 6.67 Å². The van der Waals surface area contributed by atoms with Gasteiger partial charge in [0, 0.05) is 0 Å². The Hall–Kier alpha value is -1.42. The number of fused-ring (bicyclic) bond motifs is 3. The minimum atomic E-state index is 0.0898. The van der Waals surface area contributed by atoms with Gasteiger partial charge in [0.25, 0.3) is 0 Å². The fraction of sp³-hybridized carbons (Fsp3) is 0.643. The van der Waals surface area contributed by atoms with Gasteiger partial charge >= 0.3 is 0 Å². The molecule has 31 heavy (non-hydrogen) atoms. The third kappa shape index (κ3) is 4.17. The minimum Gasteiger partial charge on any atom is -0.317 e. The second-order valence-corrected chi connectivity index (χ2v) is 11.3. The summed E-state index contributed by atoms with van der Waals surface area (Å²) in [6.45, 7) is 12.5. The van der Waals surface area contributed by atoms with E-state index in [1.807, 2.05) is 0 Å². The van der Waals surface area contributed by atoms with Gasteiger partial charge in [0.1, 0.15) is 0 Å². The van der Waals surface area contributed by atoms with Crippen LogP contribution in [0.1, 0.15) is 60.3 Å². The Kier molecular flexibility index (Phi) is 6.49. The molecular formula is C28H43N3. The Morgan fingerprint density at radius 2 is 2.00 bits per heavy atom. The summed E-state index contributed by atoms with van der Waals surface area (Å²) in [5.74, 6) is 10.5. The van der Waals surface area contributed by atoms with Crippen molar-refractivity contribution in [2.45, 2.75) is 66.3 Å². The predicted molar refractivity (Wildman–Crippen MR) is 132 cm³/mol. The molecule has 0 radical (unpaired) electrons. The fourth-order valence-electron chi connectivity index (χ4n) is 7.13. The first-order valence-corrected chi connectivity index (χ1v) is 12.4. The van der Waals surface area contributed by atoms with E-state index in [-0.39, 0.29) is 11.5 Å². The SMILES string of the molecule is CC1C=C(/C=C/C(C2=CC[C@@H](C)CC2)N(N)CN)C=C2C1C1C=CCC(C)C1C2(C)C. The molecule has 3 nitrogen and oxygen atoms in total. The molecule has 4 N–H and O–H groups in total. The summed E-state index contributed by atoms with van der Waals surface area (Å²) >= 11 is 0. The molecule has 0 aliphatic heterocycles. The highest BCUT2D eigenvalue weighted by molar-refractivity contribution is 5.45. The van der Waals surface area contributed by atoms with Crippen LogP contribution in [0.15, 0.2) is 59.3 Å². The fourth-order valence-corrected chi connectivity index (χ4v) is 7.13. The standard InChI is InChI=1S/C28H43N3/c1-18-9-12-22(13-10-18)25(31(30)17-29)14-11-21-15-20(3)26-23-8-6-7-19(2)27(23)28(4,5)24(26)16-21/h6,8,11-12,14-16,18-20,23,25-27H,7,9-10,13,17,29-30H2,1-5H3/b14-11+/t18-,19?,20?,23?,25?,26?,27?/m1/s1. The van der Waals surface area contributed by atoms with Crippen molar-refractivity contribution < 1.29 is 0 Å².